The molecule has 0 unspecified atom stereocenters. The van der Waals surface area contributed by atoms with E-state index in [-0.39, 0.29) is 5.57 Å². The van der Waals surface area contributed by atoms with Crippen molar-refractivity contribution in [3.8, 4) is 0 Å². The van der Waals surface area contributed by atoms with Crippen molar-refractivity contribution in [3.05, 3.63) is 12.2 Å². The minimum atomic E-state index is -0.925. The van der Waals surface area contributed by atoms with Crippen molar-refractivity contribution >= 4 is 5.97 Å². The molecule has 0 saturated carbocycles. The van der Waals surface area contributed by atoms with E-state index < -0.39 is 5.97 Å². The summed E-state index contributed by atoms with van der Waals surface area (Å²) in [6.45, 7) is 5.72. The molecule has 0 bridgehead atoms. The first-order valence-corrected chi connectivity index (χ1v) is 4.80. The number of nitrogens with zero attached hydrogens (tertiary/aromatic N) is 1. The normalized spacial score (nSPS) is 10.5. The van der Waals surface area contributed by atoms with Gasteiger partial charge in [0.15, 0.2) is 0 Å². The number of hydrogen-bond acceptors (Lipinski definition) is 3. The maximum absolute atomic E-state index is 10.4. The van der Waals surface area contributed by atoms with Gasteiger partial charge in [-0.05, 0) is 40.0 Å². The predicted octanol–water partition coefficient (Wildman–Crippen LogP) is 0.559. The third-order valence-electron chi connectivity index (χ3n) is 1.85. The molecule has 14 heavy (non-hydrogen) atoms. The van der Waals surface area contributed by atoms with Gasteiger partial charge in [0.1, 0.15) is 0 Å². The summed E-state index contributed by atoms with van der Waals surface area (Å²) in [5.41, 5.74) is 0.220. The monoisotopic (exact) mass is 200 g/mol. The summed E-state index contributed by atoms with van der Waals surface area (Å²) < 4.78 is 0. The number of nitrogens with one attached hydrogen (secondary N) is 1. The second-order valence-electron chi connectivity index (χ2n) is 3.60. The number of unbranched alkanes of at least 4 members (excludes halogenated alkanes) is 1. The molecule has 4 heteroatoms. The van der Waals surface area contributed by atoms with E-state index in [4.69, 9.17) is 5.11 Å². The van der Waals surface area contributed by atoms with Gasteiger partial charge in [0, 0.05) is 12.1 Å². The van der Waals surface area contributed by atoms with Gasteiger partial charge in [-0.3, -0.25) is 0 Å². The molecule has 0 rings (SSSR count). The maximum atomic E-state index is 10.4. The van der Waals surface area contributed by atoms with E-state index >= 15 is 0 Å². The summed E-state index contributed by atoms with van der Waals surface area (Å²) >= 11 is 0. The molecule has 0 aliphatic carbocycles. The fraction of sp³-hybridized carbons (Fsp3) is 0.700. The Morgan fingerprint density at radius 1 is 1.43 bits per heavy atom. The predicted molar refractivity (Wildman–Crippen MR) is 57.4 cm³/mol. The third-order valence-corrected chi connectivity index (χ3v) is 1.85. The van der Waals surface area contributed by atoms with Crippen LogP contribution in [0.5, 0.6) is 0 Å². The zero-order chi connectivity index (χ0) is 11.0. The molecule has 0 spiro atoms. The Kier molecular flexibility index (Phi) is 7.06. The van der Waals surface area contributed by atoms with Gasteiger partial charge in [0.2, 0.25) is 0 Å². The Labute approximate surface area is 85.6 Å². The highest BCUT2D eigenvalue weighted by molar-refractivity contribution is 5.86. The molecular weight excluding hydrogens is 180 g/mol. The Bertz CT molecular complexity index is 191. The standard InChI is InChI=1S/C10H20N2O2/c1-9(10(13)14)8-11-6-4-5-7-12(2)3/h11H,1,4-8H2,2-3H3,(H,13,14). The molecule has 0 aromatic rings. The zero-order valence-electron chi connectivity index (χ0n) is 9.05. The largest absolute Gasteiger partial charge is 0.478 e. The van der Waals surface area contributed by atoms with Gasteiger partial charge in [0.05, 0.1) is 0 Å². The van der Waals surface area contributed by atoms with Gasteiger partial charge in [-0.15, -0.1) is 0 Å². The number of hydrogen-bond donors (Lipinski definition) is 2. The highest BCUT2D eigenvalue weighted by Crippen LogP contribution is 1.90. The van der Waals surface area contributed by atoms with Crippen LogP contribution in [0, 0.1) is 0 Å². The molecule has 0 fully saturated rings. The molecular formula is C10H20N2O2. The van der Waals surface area contributed by atoms with Crippen molar-refractivity contribution in [2.45, 2.75) is 12.8 Å². The lowest BCUT2D eigenvalue weighted by atomic mass is 10.2. The molecule has 2 N–H and O–H groups in total. The topological polar surface area (TPSA) is 52.6 Å². The number of rotatable bonds is 8. The SMILES string of the molecule is C=C(CNCCCCN(C)C)C(=O)O. The molecule has 0 aliphatic heterocycles. The van der Waals surface area contributed by atoms with Crippen LogP contribution in [0.1, 0.15) is 12.8 Å². The van der Waals surface area contributed by atoms with Crippen LogP contribution in [-0.4, -0.2) is 49.7 Å². The van der Waals surface area contributed by atoms with E-state index in [2.05, 4.69) is 16.8 Å². The second kappa shape index (κ2) is 7.53. The summed E-state index contributed by atoms with van der Waals surface area (Å²) in [7, 11) is 4.08. The molecule has 4 nitrogen and oxygen atoms in total. The number of aliphatic carboxylic acids is 1. The Balaban J connectivity index is 3.22. The summed E-state index contributed by atoms with van der Waals surface area (Å²) in [6, 6.07) is 0. The quantitative estimate of drug-likeness (QED) is 0.444. The number of carbonyl (C=O) groups is 1. The lowest BCUT2D eigenvalue weighted by Gasteiger charge is -2.09. The van der Waals surface area contributed by atoms with E-state index in [1.54, 1.807) is 0 Å². The minimum Gasteiger partial charge on any atom is -0.478 e. The van der Waals surface area contributed by atoms with E-state index in [1.165, 1.54) is 0 Å². The van der Waals surface area contributed by atoms with Crippen LogP contribution in [0.25, 0.3) is 0 Å². The first kappa shape index (κ1) is 13.1. The summed E-state index contributed by atoms with van der Waals surface area (Å²) in [4.78, 5) is 12.5. The molecule has 0 radical (unpaired) electrons. The van der Waals surface area contributed by atoms with E-state index in [0.29, 0.717) is 6.54 Å². The first-order valence-electron chi connectivity index (χ1n) is 4.80. The first-order chi connectivity index (χ1) is 6.54. The lowest BCUT2D eigenvalue weighted by molar-refractivity contribution is -0.132. The number of carboxylic acids is 1. The van der Waals surface area contributed by atoms with E-state index in [1.807, 2.05) is 14.1 Å². The van der Waals surface area contributed by atoms with Crippen LogP contribution in [0.15, 0.2) is 12.2 Å². The summed E-state index contributed by atoms with van der Waals surface area (Å²) in [5.74, 6) is -0.925. The summed E-state index contributed by atoms with van der Waals surface area (Å²) in [6.07, 6.45) is 2.19. The molecule has 0 heterocycles. The van der Waals surface area contributed by atoms with Gasteiger partial charge in [-0.25, -0.2) is 4.79 Å². The molecule has 0 saturated heterocycles. The van der Waals surface area contributed by atoms with Crippen LogP contribution in [0.2, 0.25) is 0 Å². The minimum absolute atomic E-state index is 0.220. The van der Waals surface area contributed by atoms with Crippen LogP contribution in [0.4, 0.5) is 0 Å². The fourth-order valence-electron chi connectivity index (χ4n) is 0.993. The summed E-state index contributed by atoms with van der Waals surface area (Å²) in [5, 5.41) is 11.6. The molecule has 0 atom stereocenters. The van der Waals surface area contributed by atoms with Crippen LogP contribution < -0.4 is 5.32 Å². The second-order valence-corrected chi connectivity index (χ2v) is 3.60. The number of carboxylic acid groups (broad SMARTS) is 1. The highest BCUT2D eigenvalue weighted by Gasteiger charge is 2.01. The van der Waals surface area contributed by atoms with Crippen LogP contribution >= 0.6 is 0 Å². The van der Waals surface area contributed by atoms with Crippen LogP contribution in [-0.2, 0) is 4.79 Å². The Hall–Kier alpha value is -0.870. The zero-order valence-corrected chi connectivity index (χ0v) is 9.05. The van der Waals surface area contributed by atoms with Crippen molar-refractivity contribution in [2.75, 3.05) is 33.7 Å². The van der Waals surface area contributed by atoms with Gasteiger partial charge in [0.25, 0.3) is 0 Å². The lowest BCUT2D eigenvalue weighted by Crippen LogP contribution is -2.22. The average molecular weight is 200 g/mol. The van der Waals surface area contributed by atoms with E-state index in [9.17, 15) is 4.79 Å². The van der Waals surface area contributed by atoms with Crippen molar-refractivity contribution in [2.24, 2.45) is 0 Å². The fourth-order valence-corrected chi connectivity index (χ4v) is 0.993. The van der Waals surface area contributed by atoms with Gasteiger partial charge < -0.3 is 15.3 Å². The highest BCUT2D eigenvalue weighted by atomic mass is 16.4. The van der Waals surface area contributed by atoms with Crippen molar-refractivity contribution in [3.63, 3.8) is 0 Å². The molecule has 0 amide bonds. The molecule has 0 aliphatic rings. The van der Waals surface area contributed by atoms with Gasteiger partial charge in [-0.2, -0.15) is 0 Å². The van der Waals surface area contributed by atoms with Gasteiger partial charge >= 0.3 is 5.97 Å². The Morgan fingerprint density at radius 3 is 2.57 bits per heavy atom. The van der Waals surface area contributed by atoms with Crippen molar-refractivity contribution < 1.29 is 9.90 Å². The van der Waals surface area contributed by atoms with Crippen LogP contribution in [0.3, 0.4) is 0 Å². The van der Waals surface area contributed by atoms with Gasteiger partial charge in [-0.1, -0.05) is 6.58 Å². The third kappa shape index (κ3) is 7.76. The molecule has 0 aromatic carbocycles. The molecule has 82 valence electrons. The van der Waals surface area contributed by atoms with E-state index in [0.717, 1.165) is 25.9 Å². The van der Waals surface area contributed by atoms with Crippen molar-refractivity contribution in [1.82, 2.24) is 10.2 Å². The molecule has 0 aromatic heterocycles. The average Bonchev–Trinajstić information content (AvgIpc) is 2.09. The Morgan fingerprint density at radius 2 is 2.07 bits per heavy atom. The maximum Gasteiger partial charge on any atom is 0.332 e. The smallest absolute Gasteiger partial charge is 0.332 e. The van der Waals surface area contributed by atoms with Crippen molar-refractivity contribution in [1.29, 1.82) is 0 Å².